The van der Waals surface area contributed by atoms with Crippen LogP contribution in [-0.2, 0) is 6.54 Å². The molecule has 0 fully saturated rings. The highest BCUT2D eigenvalue weighted by atomic mass is 16.5. The van der Waals surface area contributed by atoms with Crippen molar-refractivity contribution in [1.29, 1.82) is 0 Å². The highest BCUT2D eigenvalue weighted by Crippen LogP contribution is 2.31. The fraction of sp³-hybridized carbons (Fsp3) is 0.353. The van der Waals surface area contributed by atoms with Crippen LogP contribution in [0.1, 0.15) is 19.4 Å². The Kier molecular flexibility index (Phi) is 5.22. The van der Waals surface area contributed by atoms with E-state index in [-0.39, 0.29) is 5.56 Å². The first kappa shape index (κ1) is 16.1. The third-order valence-electron chi connectivity index (χ3n) is 3.39. The zero-order valence-corrected chi connectivity index (χ0v) is 13.4. The van der Waals surface area contributed by atoms with Gasteiger partial charge in [0.25, 0.3) is 5.56 Å². The molecule has 1 aromatic carbocycles. The Morgan fingerprint density at radius 2 is 1.91 bits per heavy atom. The van der Waals surface area contributed by atoms with E-state index in [1.807, 2.05) is 38.1 Å². The number of methoxy groups -OCH3 is 2. The van der Waals surface area contributed by atoms with E-state index in [2.05, 4.69) is 10.3 Å². The molecule has 118 valence electrons. The second-order valence-corrected chi connectivity index (χ2v) is 5.33. The van der Waals surface area contributed by atoms with Crippen molar-refractivity contribution in [1.82, 2.24) is 10.3 Å². The van der Waals surface area contributed by atoms with Gasteiger partial charge in [0.15, 0.2) is 0 Å². The van der Waals surface area contributed by atoms with Crippen LogP contribution >= 0.6 is 0 Å². The summed E-state index contributed by atoms with van der Waals surface area (Å²) in [7, 11) is 3.20. The van der Waals surface area contributed by atoms with Gasteiger partial charge in [-0.1, -0.05) is 19.9 Å². The van der Waals surface area contributed by atoms with Gasteiger partial charge in [0, 0.05) is 29.8 Å². The Hall–Kier alpha value is -2.27. The molecule has 2 rings (SSSR count). The molecule has 0 saturated heterocycles. The Labute approximate surface area is 130 Å². The van der Waals surface area contributed by atoms with E-state index >= 15 is 0 Å². The van der Waals surface area contributed by atoms with Gasteiger partial charge in [-0.15, -0.1) is 0 Å². The van der Waals surface area contributed by atoms with Gasteiger partial charge < -0.3 is 19.8 Å². The van der Waals surface area contributed by atoms with Crippen LogP contribution in [0.15, 0.2) is 35.1 Å². The number of aromatic nitrogens is 1. The van der Waals surface area contributed by atoms with Crippen molar-refractivity contribution in [2.75, 3.05) is 14.2 Å². The number of H-pyrrole nitrogens is 1. The Morgan fingerprint density at radius 1 is 1.14 bits per heavy atom. The van der Waals surface area contributed by atoms with Crippen molar-refractivity contribution in [3.63, 3.8) is 0 Å². The average Bonchev–Trinajstić information content (AvgIpc) is 2.52. The summed E-state index contributed by atoms with van der Waals surface area (Å²) in [6.07, 6.45) is 0. The van der Waals surface area contributed by atoms with E-state index in [1.54, 1.807) is 20.3 Å². The molecular formula is C17H22N2O3. The standard InChI is InChI=1S/C17H22N2O3/c1-11(2)18-10-12-5-8-15(19-17(12)20)14-7-6-13(21-3)9-16(14)22-4/h5-9,11,18H,10H2,1-4H3,(H,19,20). The summed E-state index contributed by atoms with van der Waals surface area (Å²) in [5.41, 5.74) is 2.16. The number of hydrogen-bond donors (Lipinski definition) is 2. The van der Waals surface area contributed by atoms with Gasteiger partial charge in [-0.25, -0.2) is 0 Å². The zero-order chi connectivity index (χ0) is 16.1. The maximum absolute atomic E-state index is 12.2. The van der Waals surface area contributed by atoms with Crippen molar-refractivity contribution in [2.45, 2.75) is 26.4 Å². The molecule has 5 heteroatoms. The SMILES string of the molecule is COc1ccc(-c2ccc(CNC(C)C)c(=O)[nH]2)c(OC)c1. The van der Waals surface area contributed by atoms with Gasteiger partial charge in [0.1, 0.15) is 11.5 Å². The summed E-state index contributed by atoms with van der Waals surface area (Å²) in [6, 6.07) is 9.57. The molecule has 0 aliphatic carbocycles. The molecule has 0 amide bonds. The molecule has 22 heavy (non-hydrogen) atoms. The molecule has 1 heterocycles. The molecule has 0 saturated carbocycles. The van der Waals surface area contributed by atoms with Crippen molar-refractivity contribution >= 4 is 0 Å². The van der Waals surface area contributed by atoms with Crippen LogP contribution in [0.4, 0.5) is 0 Å². The number of ether oxygens (including phenoxy) is 2. The topological polar surface area (TPSA) is 63.3 Å². The van der Waals surface area contributed by atoms with Crippen molar-refractivity contribution < 1.29 is 9.47 Å². The first-order valence-electron chi connectivity index (χ1n) is 7.23. The molecule has 0 bridgehead atoms. The lowest BCUT2D eigenvalue weighted by Crippen LogP contribution is -2.26. The molecule has 2 aromatic rings. The van der Waals surface area contributed by atoms with Crippen molar-refractivity contribution in [2.24, 2.45) is 0 Å². The summed E-state index contributed by atoms with van der Waals surface area (Å²) in [6.45, 7) is 4.64. The minimum Gasteiger partial charge on any atom is -0.497 e. The number of rotatable bonds is 6. The minimum atomic E-state index is -0.0940. The second-order valence-electron chi connectivity index (χ2n) is 5.33. The molecule has 5 nitrogen and oxygen atoms in total. The number of nitrogens with one attached hydrogen (secondary N) is 2. The molecule has 0 atom stereocenters. The second kappa shape index (κ2) is 7.13. The van der Waals surface area contributed by atoms with Gasteiger partial charge in [-0.05, 0) is 18.2 Å². The largest absolute Gasteiger partial charge is 0.497 e. The maximum Gasteiger partial charge on any atom is 0.252 e. The quantitative estimate of drug-likeness (QED) is 0.861. The lowest BCUT2D eigenvalue weighted by Gasteiger charge is -2.11. The third-order valence-corrected chi connectivity index (χ3v) is 3.39. The highest BCUT2D eigenvalue weighted by Gasteiger charge is 2.10. The van der Waals surface area contributed by atoms with Crippen molar-refractivity contribution in [3.8, 4) is 22.8 Å². The first-order chi connectivity index (χ1) is 10.5. The van der Waals surface area contributed by atoms with Crippen LogP contribution < -0.4 is 20.3 Å². The van der Waals surface area contributed by atoms with Gasteiger partial charge in [0.05, 0.1) is 19.9 Å². The summed E-state index contributed by atoms with van der Waals surface area (Å²) < 4.78 is 10.6. The van der Waals surface area contributed by atoms with Crippen LogP contribution in [0.25, 0.3) is 11.3 Å². The Morgan fingerprint density at radius 3 is 2.50 bits per heavy atom. The molecule has 0 radical (unpaired) electrons. The summed E-state index contributed by atoms with van der Waals surface area (Å²) in [5, 5.41) is 3.24. The molecule has 0 aliphatic heterocycles. The number of pyridine rings is 1. The minimum absolute atomic E-state index is 0.0940. The van der Waals surface area contributed by atoms with Crippen LogP contribution in [0.5, 0.6) is 11.5 Å². The molecular weight excluding hydrogens is 280 g/mol. The fourth-order valence-electron chi connectivity index (χ4n) is 2.14. The summed E-state index contributed by atoms with van der Waals surface area (Å²) in [4.78, 5) is 15.1. The predicted molar refractivity (Wildman–Crippen MR) is 87.6 cm³/mol. The monoisotopic (exact) mass is 302 g/mol. The lowest BCUT2D eigenvalue weighted by molar-refractivity contribution is 0.395. The molecule has 0 spiro atoms. The average molecular weight is 302 g/mol. The third kappa shape index (κ3) is 3.68. The van der Waals surface area contributed by atoms with Crippen molar-refractivity contribution in [3.05, 3.63) is 46.2 Å². The van der Waals surface area contributed by atoms with E-state index in [0.717, 1.165) is 11.3 Å². The molecule has 0 unspecified atom stereocenters. The van der Waals surface area contributed by atoms with E-state index < -0.39 is 0 Å². The van der Waals surface area contributed by atoms with Crippen LogP contribution in [0.3, 0.4) is 0 Å². The maximum atomic E-state index is 12.2. The van der Waals surface area contributed by atoms with Gasteiger partial charge in [-0.2, -0.15) is 0 Å². The normalized spacial score (nSPS) is 10.8. The van der Waals surface area contributed by atoms with Crippen LogP contribution in [0.2, 0.25) is 0 Å². The number of hydrogen-bond acceptors (Lipinski definition) is 4. The summed E-state index contributed by atoms with van der Waals surface area (Å²) in [5.74, 6) is 1.36. The lowest BCUT2D eigenvalue weighted by atomic mass is 10.1. The molecule has 2 N–H and O–H groups in total. The summed E-state index contributed by atoms with van der Waals surface area (Å²) >= 11 is 0. The van der Waals surface area contributed by atoms with Gasteiger partial charge in [-0.3, -0.25) is 4.79 Å². The predicted octanol–water partition coefficient (Wildman–Crippen LogP) is 2.56. The number of benzene rings is 1. The smallest absolute Gasteiger partial charge is 0.252 e. The van der Waals surface area contributed by atoms with E-state index in [0.29, 0.717) is 29.6 Å². The van der Waals surface area contributed by atoms with E-state index in [9.17, 15) is 4.79 Å². The van der Waals surface area contributed by atoms with E-state index in [4.69, 9.17) is 9.47 Å². The van der Waals surface area contributed by atoms with Gasteiger partial charge >= 0.3 is 0 Å². The Bertz CT molecular complexity index is 693. The zero-order valence-electron chi connectivity index (χ0n) is 13.4. The Balaban J connectivity index is 2.34. The van der Waals surface area contributed by atoms with Gasteiger partial charge in [0.2, 0.25) is 0 Å². The number of aromatic amines is 1. The van der Waals surface area contributed by atoms with E-state index in [1.165, 1.54) is 0 Å². The van der Waals surface area contributed by atoms with Crippen LogP contribution in [-0.4, -0.2) is 25.2 Å². The first-order valence-corrected chi connectivity index (χ1v) is 7.23. The van der Waals surface area contributed by atoms with Crippen LogP contribution in [0, 0.1) is 0 Å². The highest BCUT2D eigenvalue weighted by molar-refractivity contribution is 5.68. The fourth-order valence-corrected chi connectivity index (χ4v) is 2.14. The molecule has 1 aromatic heterocycles. The molecule has 0 aliphatic rings.